The highest BCUT2D eigenvalue weighted by atomic mass is 32.2. The summed E-state index contributed by atoms with van der Waals surface area (Å²) in [4.78, 5) is 94.8. The molecule has 6 rings (SSSR count). The number of carbonyl (C=O) groups is 7. The van der Waals surface area contributed by atoms with E-state index in [4.69, 9.17) is 9.47 Å². The zero-order chi connectivity index (χ0) is 55.7. The summed E-state index contributed by atoms with van der Waals surface area (Å²) in [6.45, 7) is 11.2. The lowest BCUT2D eigenvalue weighted by molar-refractivity contribution is -0.142. The third-order valence-electron chi connectivity index (χ3n) is 12.7. The minimum atomic E-state index is -1.42. The van der Waals surface area contributed by atoms with E-state index in [0.29, 0.717) is 0 Å². The lowest BCUT2D eigenvalue weighted by Gasteiger charge is -2.36. The number of benzene rings is 5. The van der Waals surface area contributed by atoms with Gasteiger partial charge in [-0.05, 0) is 79.0 Å². The summed E-state index contributed by atoms with van der Waals surface area (Å²) in [5, 5.41) is 26.2. The zero-order valence-corrected chi connectivity index (χ0v) is 46.1. The summed E-state index contributed by atoms with van der Waals surface area (Å²) in [6, 6.07) is 39.7. The van der Waals surface area contributed by atoms with Gasteiger partial charge in [-0.2, -0.15) is 0 Å². The summed E-state index contributed by atoms with van der Waals surface area (Å²) < 4.78 is 11.0. The molecule has 0 heterocycles. The van der Waals surface area contributed by atoms with E-state index in [1.165, 1.54) is 18.7 Å². The van der Waals surface area contributed by atoms with E-state index >= 15 is 0 Å². The molecule has 16 nitrogen and oxygen atoms in total. The number of nitrogens with one attached hydrogen (secondary N) is 6. The van der Waals surface area contributed by atoms with Gasteiger partial charge in [0, 0.05) is 24.3 Å². The number of alkyl carbamates (subject to hydrolysis) is 1. The van der Waals surface area contributed by atoms with Crippen molar-refractivity contribution in [1.82, 2.24) is 31.9 Å². The van der Waals surface area contributed by atoms with E-state index < -0.39 is 82.9 Å². The Balaban J connectivity index is 1.21. The number of rotatable bonds is 26. The molecule has 0 bridgehead atoms. The topological polar surface area (TPSA) is 230 Å². The van der Waals surface area contributed by atoms with Gasteiger partial charge in [0.15, 0.2) is 0 Å². The highest BCUT2D eigenvalue weighted by Gasteiger charge is 2.40. The van der Waals surface area contributed by atoms with E-state index in [1.807, 2.05) is 153 Å². The molecule has 7 N–H and O–H groups in total. The quantitative estimate of drug-likeness (QED) is 0.0164. The van der Waals surface area contributed by atoms with Gasteiger partial charge in [0.2, 0.25) is 29.5 Å². The molecular weight excluding hydrogens is 1020 g/mol. The molecule has 1 aliphatic carbocycles. The SMILES string of the molecule is CC(=O)NCSC[C@H](NC(=O)OCC1c2ccccc2-c2ccccc21)C(=O)N[C@H](C(=O)NCC(=O)N[C@@H](CSC(c1ccccc1)(c1ccccc1)c1ccccc1)C(=O)N[C@@H](CC(C)C)C(=O)O)[C@@H](C)OC(C)(C)C. The molecule has 0 spiro atoms. The van der Waals surface area contributed by atoms with Crippen molar-refractivity contribution in [3.8, 4) is 11.1 Å². The fraction of sp³-hybridized carbons (Fsp3) is 0.373. The van der Waals surface area contributed by atoms with E-state index in [-0.39, 0.29) is 48.2 Å². The third kappa shape index (κ3) is 16.4. The molecule has 77 heavy (non-hydrogen) atoms. The number of carbonyl (C=O) groups excluding carboxylic acids is 6. The van der Waals surface area contributed by atoms with Crippen molar-refractivity contribution < 1.29 is 48.1 Å². The second-order valence-corrected chi connectivity index (χ2v) is 22.4. The second-order valence-electron chi connectivity index (χ2n) is 20.1. The first-order valence-electron chi connectivity index (χ1n) is 25.6. The second kappa shape index (κ2) is 27.8. The summed E-state index contributed by atoms with van der Waals surface area (Å²) in [7, 11) is 0. The number of amides is 6. The Labute approximate surface area is 459 Å². The number of hydrogen-bond donors (Lipinski definition) is 7. The molecule has 0 saturated carbocycles. The first-order chi connectivity index (χ1) is 36.8. The zero-order valence-electron chi connectivity index (χ0n) is 44.5. The molecule has 0 radical (unpaired) electrons. The van der Waals surface area contributed by atoms with Crippen LogP contribution < -0.4 is 31.9 Å². The first-order valence-corrected chi connectivity index (χ1v) is 27.7. The Bertz CT molecular complexity index is 2670. The largest absolute Gasteiger partial charge is 0.480 e. The van der Waals surface area contributed by atoms with Crippen LogP contribution in [-0.4, -0.2) is 113 Å². The number of thioether (sulfide) groups is 2. The monoisotopic (exact) mass is 1090 g/mol. The van der Waals surface area contributed by atoms with Gasteiger partial charge < -0.3 is 46.5 Å². The molecule has 0 aliphatic heterocycles. The fourth-order valence-corrected chi connectivity index (χ4v) is 11.7. The predicted octanol–water partition coefficient (Wildman–Crippen LogP) is 7.35. The summed E-state index contributed by atoms with van der Waals surface area (Å²) in [6.07, 6.45) is -1.74. The van der Waals surface area contributed by atoms with E-state index in [0.717, 1.165) is 50.7 Å². The molecule has 6 amide bonds. The average molecular weight is 1090 g/mol. The van der Waals surface area contributed by atoms with Crippen LogP contribution in [0.4, 0.5) is 4.79 Å². The maximum absolute atomic E-state index is 14.4. The van der Waals surface area contributed by atoms with Gasteiger partial charge in [-0.3, -0.25) is 24.0 Å². The van der Waals surface area contributed by atoms with Crippen LogP contribution in [0.15, 0.2) is 140 Å². The van der Waals surface area contributed by atoms with Crippen LogP contribution in [0, 0.1) is 5.92 Å². The summed E-state index contributed by atoms with van der Waals surface area (Å²) in [5.41, 5.74) is 5.96. The maximum atomic E-state index is 14.4. The minimum absolute atomic E-state index is 0.0238. The number of ether oxygens (including phenoxy) is 2. The van der Waals surface area contributed by atoms with Crippen LogP contribution in [-0.2, 0) is 43.0 Å². The van der Waals surface area contributed by atoms with Crippen molar-refractivity contribution >= 4 is 65.1 Å². The van der Waals surface area contributed by atoms with Gasteiger partial charge in [-0.25, -0.2) is 9.59 Å². The lowest BCUT2D eigenvalue weighted by atomic mass is 9.84. The summed E-state index contributed by atoms with van der Waals surface area (Å²) >= 11 is 2.54. The number of fused-ring (bicyclic) bond motifs is 3. The van der Waals surface area contributed by atoms with Crippen LogP contribution in [0.1, 0.15) is 88.6 Å². The van der Waals surface area contributed by atoms with Crippen molar-refractivity contribution in [2.24, 2.45) is 5.92 Å². The third-order valence-corrected chi connectivity index (χ3v) is 15.2. The standard InChI is InChI=1S/C59H70N6O10S2/c1-37(2)31-48(56(71)72)63-53(68)50(35-77-59(40-21-11-8-12-22-40,41-23-13-9-14-24-41)42-25-15-10-16-26-42)62-51(67)32-60-55(70)52(38(3)75-58(5,6)7)65-54(69)49(34-76-36-61-39(4)66)64-57(73)74-33-47-45-29-19-17-27-43(45)44-28-18-20-30-46(44)47/h8-30,37-38,47-50,52H,31-36H2,1-7H3,(H,60,70)(H,61,66)(H,62,67)(H,63,68)(H,64,73)(H,65,69)(H,71,72)/t38-,48+,49+,50+,52+/m1/s1. The summed E-state index contributed by atoms with van der Waals surface area (Å²) in [5.74, 6) is -4.94. The lowest BCUT2D eigenvalue weighted by Crippen LogP contribution is -2.60. The Morgan fingerprint density at radius 1 is 0.597 bits per heavy atom. The molecule has 1 aliphatic rings. The Morgan fingerprint density at radius 2 is 1.09 bits per heavy atom. The highest BCUT2D eigenvalue weighted by Crippen LogP contribution is 2.49. The van der Waals surface area contributed by atoms with Crippen LogP contribution >= 0.6 is 23.5 Å². The van der Waals surface area contributed by atoms with Gasteiger partial charge in [-0.15, -0.1) is 23.5 Å². The Kier molecular flexibility index (Phi) is 21.3. The van der Waals surface area contributed by atoms with Gasteiger partial charge in [0.25, 0.3) is 0 Å². The Hall–Kier alpha value is -7.15. The van der Waals surface area contributed by atoms with Crippen molar-refractivity contribution in [2.45, 2.75) is 101 Å². The van der Waals surface area contributed by atoms with Crippen LogP contribution in [0.3, 0.4) is 0 Å². The van der Waals surface area contributed by atoms with Crippen molar-refractivity contribution in [3.05, 3.63) is 167 Å². The van der Waals surface area contributed by atoms with E-state index in [9.17, 15) is 38.7 Å². The van der Waals surface area contributed by atoms with Crippen molar-refractivity contribution in [1.29, 1.82) is 0 Å². The molecule has 5 aromatic rings. The van der Waals surface area contributed by atoms with Crippen molar-refractivity contribution in [2.75, 3.05) is 30.5 Å². The number of carboxylic acid groups (broad SMARTS) is 1. The van der Waals surface area contributed by atoms with Gasteiger partial charge >= 0.3 is 12.1 Å². The fourth-order valence-electron chi connectivity index (χ4n) is 9.22. The molecule has 0 fully saturated rings. The highest BCUT2D eigenvalue weighted by molar-refractivity contribution is 8.00. The maximum Gasteiger partial charge on any atom is 0.407 e. The normalized spacial score (nSPS) is 14.1. The predicted molar refractivity (Wildman–Crippen MR) is 301 cm³/mol. The van der Waals surface area contributed by atoms with Gasteiger partial charge in [-0.1, -0.05) is 153 Å². The number of hydrogen-bond acceptors (Lipinski definition) is 11. The number of carboxylic acids is 1. The molecule has 18 heteroatoms. The molecular formula is C59H70N6O10S2. The van der Waals surface area contributed by atoms with Crippen LogP contribution in [0.25, 0.3) is 11.1 Å². The smallest absolute Gasteiger partial charge is 0.407 e. The van der Waals surface area contributed by atoms with Crippen molar-refractivity contribution in [3.63, 3.8) is 0 Å². The van der Waals surface area contributed by atoms with Gasteiger partial charge in [0.1, 0.15) is 30.8 Å². The van der Waals surface area contributed by atoms with Crippen LogP contribution in [0.5, 0.6) is 0 Å². The molecule has 0 aromatic heterocycles. The Morgan fingerprint density at radius 3 is 1.58 bits per heavy atom. The first kappa shape index (κ1) is 59.1. The van der Waals surface area contributed by atoms with E-state index in [1.54, 1.807) is 27.7 Å². The molecule has 408 valence electrons. The molecule has 5 aromatic carbocycles. The van der Waals surface area contributed by atoms with Crippen LogP contribution in [0.2, 0.25) is 0 Å². The van der Waals surface area contributed by atoms with E-state index in [2.05, 4.69) is 31.9 Å². The molecule has 5 atom stereocenters. The van der Waals surface area contributed by atoms with Gasteiger partial charge in [0.05, 0.1) is 28.9 Å². The molecule has 0 saturated heterocycles. The molecule has 0 unspecified atom stereocenters. The minimum Gasteiger partial charge on any atom is -0.480 e. The number of aliphatic carboxylic acids is 1. The average Bonchev–Trinajstić information content (AvgIpc) is 3.73.